The number of halogens is 1. The van der Waals surface area contributed by atoms with E-state index in [2.05, 4.69) is 15.9 Å². The first kappa shape index (κ1) is 14.0. The molecule has 0 amide bonds. The molecule has 0 bridgehead atoms. The van der Waals surface area contributed by atoms with Crippen LogP contribution in [0.15, 0.2) is 34.8 Å². The van der Waals surface area contributed by atoms with Gasteiger partial charge in [-0.3, -0.25) is 0 Å². The summed E-state index contributed by atoms with van der Waals surface area (Å²) in [6, 6.07) is 9.31. The summed E-state index contributed by atoms with van der Waals surface area (Å²) in [5.41, 5.74) is 2.00. The number of carbonyl (C=O) groups is 1. The Morgan fingerprint density at radius 1 is 1.26 bits per heavy atom. The molecule has 1 aromatic heterocycles. The Kier molecular flexibility index (Phi) is 4.22. The van der Waals surface area contributed by atoms with Crippen molar-refractivity contribution in [1.82, 2.24) is 0 Å². The minimum Gasteiger partial charge on any atom is -0.478 e. The maximum Gasteiger partial charge on any atom is 0.336 e. The van der Waals surface area contributed by atoms with E-state index >= 15 is 0 Å². The molecule has 98 valence electrons. The molecule has 1 N–H and O–H groups in total. The van der Waals surface area contributed by atoms with Gasteiger partial charge in [-0.15, -0.1) is 11.3 Å². The Bertz CT molecular complexity index is 639. The Morgan fingerprint density at radius 3 is 2.37 bits per heavy atom. The summed E-state index contributed by atoms with van der Waals surface area (Å²) in [6.45, 7) is 4.03. The second-order valence-electron chi connectivity index (χ2n) is 4.24. The van der Waals surface area contributed by atoms with E-state index in [1.165, 1.54) is 4.88 Å². The molecule has 4 heteroatoms. The number of hydrogen-bond acceptors (Lipinski definition) is 2. The van der Waals surface area contributed by atoms with Gasteiger partial charge in [0.1, 0.15) is 0 Å². The number of rotatable bonds is 3. The monoisotopic (exact) mass is 336 g/mol. The molecule has 0 fully saturated rings. The molecule has 0 unspecified atom stereocenters. The predicted octanol–water partition coefficient (Wildman–Crippen LogP) is 4.75. The van der Waals surface area contributed by atoms with E-state index in [1.54, 1.807) is 29.5 Å². The lowest BCUT2D eigenvalue weighted by molar-refractivity contribution is -0.130. The van der Waals surface area contributed by atoms with Crippen molar-refractivity contribution < 1.29 is 9.90 Å². The fourth-order valence-corrected chi connectivity index (χ4v) is 3.02. The minimum absolute atomic E-state index is 0.313. The first-order chi connectivity index (χ1) is 8.97. The highest BCUT2D eigenvalue weighted by Crippen LogP contribution is 2.26. The van der Waals surface area contributed by atoms with E-state index < -0.39 is 5.97 Å². The third kappa shape index (κ3) is 3.33. The summed E-state index contributed by atoms with van der Waals surface area (Å²) in [5.74, 6) is -0.912. The average molecular weight is 337 g/mol. The van der Waals surface area contributed by atoms with Gasteiger partial charge in [0.15, 0.2) is 0 Å². The van der Waals surface area contributed by atoms with Crippen LogP contribution in [0.25, 0.3) is 11.6 Å². The standard InChI is InChI=1S/C15H13BrO2S/c1-9-7-12(10(2)19-9)8-14(15(17)18)11-3-5-13(16)6-4-11/h3-8H,1-2H3,(H,17,18)/b14-8-. The van der Waals surface area contributed by atoms with Crippen molar-refractivity contribution >= 4 is 44.9 Å². The lowest BCUT2D eigenvalue weighted by atomic mass is 10.0. The SMILES string of the molecule is Cc1cc(/C=C(\C(=O)O)c2ccc(Br)cc2)c(C)s1. The van der Waals surface area contributed by atoms with E-state index in [0.29, 0.717) is 11.1 Å². The number of benzene rings is 1. The summed E-state index contributed by atoms with van der Waals surface area (Å²) in [4.78, 5) is 13.7. The first-order valence-electron chi connectivity index (χ1n) is 5.75. The van der Waals surface area contributed by atoms with Crippen LogP contribution in [0.1, 0.15) is 20.9 Å². The third-order valence-electron chi connectivity index (χ3n) is 2.76. The van der Waals surface area contributed by atoms with Gasteiger partial charge in [0, 0.05) is 14.2 Å². The maximum atomic E-state index is 11.4. The molecule has 2 nitrogen and oxygen atoms in total. The number of carboxylic acid groups (broad SMARTS) is 1. The molecule has 1 heterocycles. The Morgan fingerprint density at radius 2 is 1.89 bits per heavy atom. The number of aliphatic carboxylic acids is 1. The largest absolute Gasteiger partial charge is 0.478 e. The zero-order valence-corrected chi connectivity index (χ0v) is 13.0. The van der Waals surface area contributed by atoms with E-state index in [4.69, 9.17) is 0 Å². The molecule has 0 aliphatic rings. The first-order valence-corrected chi connectivity index (χ1v) is 7.36. The molecule has 0 radical (unpaired) electrons. The van der Waals surface area contributed by atoms with Gasteiger partial charge < -0.3 is 5.11 Å². The fourth-order valence-electron chi connectivity index (χ4n) is 1.85. The quantitative estimate of drug-likeness (QED) is 0.821. The highest BCUT2D eigenvalue weighted by atomic mass is 79.9. The summed E-state index contributed by atoms with van der Waals surface area (Å²) < 4.78 is 0.934. The van der Waals surface area contributed by atoms with Gasteiger partial charge in [-0.25, -0.2) is 4.79 Å². The van der Waals surface area contributed by atoms with Crippen molar-refractivity contribution in [1.29, 1.82) is 0 Å². The van der Waals surface area contributed by atoms with Gasteiger partial charge >= 0.3 is 5.97 Å². The van der Waals surface area contributed by atoms with Crippen LogP contribution in [0, 0.1) is 13.8 Å². The zero-order chi connectivity index (χ0) is 14.0. The molecule has 0 aliphatic heterocycles. The van der Waals surface area contributed by atoms with Crippen molar-refractivity contribution in [2.45, 2.75) is 13.8 Å². The normalized spacial score (nSPS) is 11.6. The van der Waals surface area contributed by atoms with Gasteiger partial charge in [-0.2, -0.15) is 0 Å². The Hall–Kier alpha value is -1.39. The molecule has 0 saturated carbocycles. The molecule has 0 saturated heterocycles. The Labute approximate surface area is 124 Å². The number of carboxylic acids is 1. The van der Waals surface area contributed by atoms with Crippen molar-refractivity contribution in [2.75, 3.05) is 0 Å². The van der Waals surface area contributed by atoms with Gasteiger partial charge in [0.25, 0.3) is 0 Å². The smallest absolute Gasteiger partial charge is 0.336 e. The van der Waals surface area contributed by atoms with E-state index in [9.17, 15) is 9.90 Å². The summed E-state index contributed by atoms with van der Waals surface area (Å²) in [6.07, 6.45) is 1.74. The lowest BCUT2D eigenvalue weighted by Gasteiger charge is -2.03. The Balaban J connectivity index is 2.49. The van der Waals surface area contributed by atoms with Gasteiger partial charge in [0.2, 0.25) is 0 Å². The van der Waals surface area contributed by atoms with E-state index in [-0.39, 0.29) is 0 Å². The van der Waals surface area contributed by atoms with Crippen molar-refractivity contribution in [2.24, 2.45) is 0 Å². The highest BCUT2D eigenvalue weighted by Gasteiger charge is 2.12. The van der Waals surface area contributed by atoms with Crippen LogP contribution < -0.4 is 0 Å². The molecule has 2 aromatic rings. The molecular formula is C15H13BrO2S. The van der Waals surface area contributed by atoms with Crippen LogP contribution in [0.5, 0.6) is 0 Å². The van der Waals surface area contributed by atoms with E-state index in [0.717, 1.165) is 14.9 Å². The van der Waals surface area contributed by atoms with Gasteiger partial charge in [-0.1, -0.05) is 28.1 Å². The number of hydrogen-bond donors (Lipinski definition) is 1. The van der Waals surface area contributed by atoms with Crippen LogP contribution in [-0.4, -0.2) is 11.1 Å². The molecule has 0 aliphatic carbocycles. The van der Waals surface area contributed by atoms with Crippen molar-refractivity contribution in [3.05, 3.63) is 55.7 Å². The van der Waals surface area contributed by atoms with Gasteiger partial charge in [0.05, 0.1) is 5.57 Å². The number of aryl methyl sites for hydroxylation is 2. The topological polar surface area (TPSA) is 37.3 Å². The third-order valence-corrected chi connectivity index (χ3v) is 4.28. The van der Waals surface area contributed by atoms with Crippen LogP contribution in [0.4, 0.5) is 0 Å². The molecule has 0 spiro atoms. The molecule has 19 heavy (non-hydrogen) atoms. The summed E-state index contributed by atoms with van der Waals surface area (Å²) in [5, 5.41) is 9.38. The second-order valence-corrected chi connectivity index (χ2v) is 6.61. The maximum absolute atomic E-state index is 11.4. The zero-order valence-electron chi connectivity index (χ0n) is 10.6. The van der Waals surface area contributed by atoms with Crippen LogP contribution in [-0.2, 0) is 4.79 Å². The molecule has 0 atom stereocenters. The summed E-state index contributed by atoms with van der Waals surface area (Å²) in [7, 11) is 0. The van der Waals surface area contributed by atoms with Crippen molar-refractivity contribution in [3.63, 3.8) is 0 Å². The lowest BCUT2D eigenvalue weighted by Crippen LogP contribution is -1.99. The molecule has 1 aromatic carbocycles. The summed E-state index contributed by atoms with van der Waals surface area (Å²) >= 11 is 5.02. The fraction of sp³-hybridized carbons (Fsp3) is 0.133. The van der Waals surface area contributed by atoms with Gasteiger partial charge in [-0.05, 0) is 49.2 Å². The van der Waals surface area contributed by atoms with Crippen LogP contribution in [0.2, 0.25) is 0 Å². The molecule has 2 rings (SSSR count). The average Bonchev–Trinajstić information content (AvgIpc) is 2.66. The minimum atomic E-state index is -0.912. The second kappa shape index (κ2) is 5.72. The van der Waals surface area contributed by atoms with Crippen LogP contribution in [0.3, 0.4) is 0 Å². The van der Waals surface area contributed by atoms with Crippen LogP contribution >= 0.6 is 27.3 Å². The van der Waals surface area contributed by atoms with Crippen molar-refractivity contribution in [3.8, 4) is 0 Å². The molecular weight excluding hydrogens is 324 g/mol. The highest BCUT2D eigenvalue weighted by molar-refractivity contribution is 9.10. The predicted molar refractivity (Wildman–Crippen MR) is 83.4 cm³/mol. The van der Waals surface area contributed by atoms with E-state index in [1.807, 2.05) is 32.0 Å². The number of thiophene rings is 1.